The van der Waals surface area contributed by atoms with Crippen molar-refractivity contribution in [2.24, 2.45) is 5.92 Å². The van der Waals surface area contributed by atoms with E-state index in [0.29, 0.717) is 23.1 Å². The number of hydrogen-bond donors (Lipinski definition) is 0. The van der Waals surface area contributed by atoms with Crippen LogP contribution in [-0.4, -0.2) is 28.8 Å². The summed E-state index contributed by atoms with van der Waals surface area (Å²) >= 11 is 0. The van der Waals surface area contributed by atoms with Crippen molar-refractivity contribution in [3.05, 3.63) is 57.2 Å². The molecule has 0 saturated heterocycles. The Morgan fingerprint density at radius 3 is 2.46 bits per heavy atom. The molecule has 0 bridgehead atoms. The summed E-state index contributed by atoms with van der Waals surface area (Å²) in [6.07, 6.45) is 0.570. The molecule has 0 radical (unpaired) electrons. The van der Waals surface area contributed by atoms with Crippen LogP contribution in [-0.2, 0) is 14.3 Å². The molecule has 6 nitrogen and oxygen atoms in total. The maximum Gasteiger partial charge on any atom is 0.313 e. The van der Waals surface area contributed by atoms with E-state index < -0.39 is 22.4 Å². The average molecular weight is 359 g/mol. The van der Waals surface area contributed by atoms with Gasteiger partial charge in [-0.3, -0.25) is 19.7 Å². The van der Waals surface area contributed by atoms with Gasteiger partial charge in [0, 0.05) is 16.9 Å². The Balaban J connectivity index is 2.46. The van der Waals surface area contributed by atoms with Crippen LogP contribution in [0.2, 0.25) is 0 Å². The molecule has 1 aliphatic carbocycles. The highest BCUT2D eigenvalue weighted by Crippen LogP contribution is 2.37. The van der Waals surface area contributed by atoms with Crippen LogP contribution in [0.25, 0.3) is 0 Å². The largest absolute Gasteiger partial charge is 0.460 e. The molecule has 6 heteroatoms. The fourth-order valence-corrected chi connectivity index (χ4v) is 3.37. The lowest BCUT2D eigenvalue weighted by Gasteiger charge is -2.30. The van der Waals surface area contributed by atoms with E-state index >= 15 is 0 Å². The van der Waals surface area contributed by atoms with Crippen molar-refractivity contribution in [1.82, 2.24) is 0 Å². The fraction of sp³-hybridized carbons (Fsp3) is 0.500. The lowest BCUT2D eigenvalue weighted by atomic mass is 9.75. The molecule has 0 fully saturated rings. The Morgan fingerprint density at radius 1 is 1.31 bits per heavy atom. The van der Waals surface area contributed by atoms with Crippen LogP contribution >= 0.6 is 0 Å². The molecule has 0 heterocycles. The van der Waals surface area contributed by atoms with E-state index in [1.54, 1.807) is 52.0 Å². The van der Waals surface area contributed by atoms with E-state index in [4.69, 9.17) is 4.74 Å². The zero-order valence-corrected chi connectivity index (χ0v) is 15.7. The lowest BCUT2D eigenvalue weighted by molar-refractivity contribution is -0.481. The highest BCUT2D eigenvalue weighted by atomic mass is 16.6. The van der Waals surface area contributed by atoms with Crippen LogP contribution in [0.4, 0.5) is 0 Å². The topological polar surface area (TPSA) is 86.5 Å². The van der Waals surface area contributed by atoms with Gasteiger partial charge in [-0.15, -0.1) is 0 Å². The molecule has 2 atom stereocenters. The molecular formula is C20H25NO5. The molecule has 2 rings (SSSR count). The van der Waals surface area contributed by atoms with Gasteiger partial charge in [0.05, 0.1) is 11.8 Å². The zero-order chi connectivity index (χ0) is 19.5. The number of nitro groups is 1. The van der Waals surface area contributed by atoms with Gasteiger partial charge in [-0.1, -0.05) is 35.9 Å². The summed E-state index contributed by atoms with van der Waals surface area (Å²) in [4.78, 5) is 36.0. The minimum absolute atomic E-state index is 0.127. The summed E-state index contributed by atoms with van der Waals surface area (Å²) in [5, 5.41) is 11.2. The van der Waals surface area contributed by atoms with Gasteiger partial charge in [-0.2, -0.15) is 0 Å². The first kappa shape index (κ1) is 19.8. The Kier molecular flexibility index (Phi) is 5.95. The smallest absolute Gasteiger partial charge is 0.313 e. The number of carbonyl (C=O) groups is 2. The van der Waals surface area contributed by atoms with Crippen LogP contribution in [0.1, 0.15) is 52.0 Å². The van der Waals surface area contributed by atoms with E-state index in [9.17, 15) is 19.7 Å². The Morgan fingerprint density at radius 2 is 1.92 bits per heavy atom. The van der Waals surface area contributed by atoms with E-state index in [2.05, 4.69) is 0 Å². The summed E-state index contributed by atoms with van der Waals surface area (Å²) < 4.78 is 5.48. The summed E-state index contributed by atoms with van der Waals surface area (Å²) in [6.45, 7) is 6.70. The Hall–Kier alpha value is -2.50. The molecule has 1 aromatic rings. The number of ketones is 1. The van der Waals surface area contributed by atoms with E-state index in [0.717, 1.165) is 0 Å². The standard InChI is InChI=1S/C20H25NO5/c1-13-15(19(23)26-20(2,3)4)10-11-17(22)18(13)16(12-21(24)25)14-8-6-5-7-9-14/h5-9,15-16H,10-12H2,1-4H3/t15-,16-/m1/s1. The molecule has 1 aromatic carbocycles. The van der Waals surface area contributed by atoms with Crippen LogP contribution in [0, 0.1) is 16.0 Å². The summed E-state index contributed by atoms with van der Waals surface area (Å²) in [5.41, 5.74) is 1.05. The second kappa shape index (κ2) is 7.81. The van der Waals surface area contributed by atoms with Crippen LogP contribution in [0.5, 0.6) is 0 Å². The maximum atomic E-state index is 12.6. The molecule has 1 aliphatic rings. The second-order valence-corrected chi connectivity index (χ2v) is 7.62. The summed E-state index contributed by atoms with van der Waals surface area (Å²) in [6, 6.07) is 8.95. The van der Waals surface area contributed by atoms with Crippen molar-refractivity contribution in [3.8, 4) is 0 Å². The number of rotatable bonds is 5. The number of hydrogen-bond acceptors (Lipinski definition) is 5. The van der Waals surface area contributed by atoms with Crippen LogP contribution < -0.4 is 0 Å². The van der Waals surface area contributed by atoms with Gasteiger partial charge < -0.3 is 4.74 Å². The Labute approximate surface area is 153 Å². The Bertz CT molecular complexity index is 730. The van der Waals surface area contributed by atoms with Gasteiger partial charge in [0.15, 0.2) is 5.78 Å². The average Bonchev–Trinajstić information content (AvgIpc) is 2.52. The van der Waals surface area contributed by atoms with Crippen molar-refractivity contribution >= 4 is 11.8 Å². The van der Waals surface area contributed by atoms with Crippen molar-refractivity contribution in [2.75, 3.05) is 6.54 Å². The van der Waals surface area contributed by atoms with Crippen LogP contribution in [0.15, 0.2) is 41.5 Å². The highest BCUT2D eigenvalue weighted by molar-refractivity contribution is 6.00. The molecular weight excluding hydrogens is 334 g/mol. The third-order valence-corrected chi connectivity index (χ3v) is 4.48. The molecule has 140 valence electrons. The molecule has 0 N–H and O–H groups in total. The highest BCUT2D eigenvalue weighted by Gasteiger charge is 2.38. The van der Waals surface area contributed by atoms with E-state index in [1.807, 2.05) is 6.07 Å². The normalized spacial score (nSPS) is 19.2. The third kappa shape index (κ3) is 4.77. The first-order chi connectivity index (χ1) is 12.1. The molecule has 0 aromatic heterocycles. The maximum absolute atomic E-state index is 12.6. The number of ether oxygens (including phenoxy) is 1. The van der Waals surface area contributed by atoms with Gasteiger partial charge >= 0.3 is 5.97 Å². The molecule has 0 saturated carbocycles. The first-order valence-corrected chi connectivity index (χ1v) is 8.73. The summed E-state index contributed by atoms with van der Waals surface area (Å²) in [5.74, 6) is -1.71. The van der Waals surface area contributed by atoms with Crippen molar-refractivity contribution in [2.45, 2.75) is 52.1 Å². The number of carbonyl (C=O) groups excluding carboxylic acids is 2. The lowest BCUT2D eigenvalue weighted by Crippen LogP contribution is -2.34. The van der Waals surface area contributed by atoms with Gasteiger partial charge in [0.2, 0.25) is 6.54 Å². The molecule has 0 spiro atoms. The zero-order valence-electron chi connectivity index (χ0n) is 15.7. The minimum Gasteiger partial charge on any atom is -0.460 e. The minimum atomic E-state index is -0.663. The third-order valence-electron chi connectivity index (χ3n) is 4.48. The number of Topliss-reactive ketones (excluding diaryl/α,β-unsaturated/α-hetero) is 1. The van der Waals surface area contributed by atoms with Gasteiger partial charge in [0.25, 0.3) is 0 Å². The predicted octanol–water partition coefficient (Wildman–Crippen LogP) is 3.68. The SMILES string of the molecule is CC1=C([C@H](C[N+](=O)[O-])c2ccccc2)C(=O)CC[C@H]1C(=O)OC(C)(C)C. The van der Waals surface area contributed by atoms with Crippen LogP contribution in [0.3, 0.4) is 0 Å². The number of esters is 1. The monoisotopic (exact) mass is 359 g/mol. The molecule has 26 heavy (non-hydrogen) atoms. The summed E-state index contributed by atoms with van der Waals surface area (Å²) in [7, 11) is 0. The molecule has 0 unspecified atom stereocenters. The first-order valence-electron chi connectivity index (χ1n) is 8.73. The predicted molar refractivity (Wildman–Crippen MR) is 97.3 cm³/mol. The van der Waals surface area contributed by atoms with E-state index in [-0.39, 0.29) is 24.7 Å². The van der Waals surface area contributed by atoms with Crippen molar-refractivity contribution in [3.63, 3.8) is 0 Å². The van der Waals surface area contributed by atoms with Gasteiger partial charge in [-0.25, -0.2) is 0 Å². The fourth-order valence-electron chi connectivity index (χ4n) is 3.37. The quantitative estimate of drug-likeness (QED) is 0.455. The van der Waals surface area contributed by atoms with Gasteiger partial charge in [0.1, 0.15) is 5.60 Å². The second-order valence-electron chi connectivity index (χ2n) is 7.62. The molecule has 0 amide bonds. The van der Waals surface area contributed by atoms with Crippen molar-refractivity contribution < 1.29 is 19.2 Å². The van der Waals surface area contributed by atoms with Gasteiger partial charge in [-0.05, 0) is 39.7 Å². The van der Waals surface area contributed by atoms with E-state index in [1.165, 1.54) is 0 Å². The number of nitrogens with zero attached hydrogens (tertiary/aromatic N) is 1. The number of benzene rings is 1. The molecule has 0 aliphatic heterocycles. The van der Waals surface area contributed by atoms with Crippen molar-refractivity contribution in [1.29, 1.82) is 0 Å².